The van der Waals surface area contributed by atoms with E-state index in [0.29, 0.717) is 0 Å². The van der Waals surface area contributed by atoms with E-state index in [9.17, 15) is 9.59 Å². The Bertz CT molecular complexity index is 424. The van der Waals surface area contributed by atoms with Gasteiger partial charge in [-0.25, -0.2) is 4.79 Å². The average Bonchev–Trinajstić information content (AvgIpc) is 2.96. The number of amides is 1. The van der Waals surface area contributed by atoms with Crippen LogP contribution in [0.2, 0.25) is 0 Å². The molecule has 1 unspecified atom stereocenters. The van der Waals surface area contributed by atoms with Crippen molar-refractivity contribution in [1.82, 2.24) is 15.5 Å². The van der Waals surface area contributed by atoms with Gasteiger partial charge in [-0.05, 0) is 18.8 Å². The van der Waals surface area contributed by atoms with Crippen molar-refractivity contribution < 1.29 is 19.2 Å². The lowest BCUT2D eigenvalue weighted by Crippen LogP contribution is -2.42. The number of rotatable bonds is 4. The monoisotopic (exact) mass is 225 g/mol. The molecule has 0 radical (unpaired) electrons. The molecule has 1 saturated carbocycles. The van der Waals surface area contributed by atoms with Gasteiger partial charge in [0.1, 0.15) is 6.04 Å². The Kier molecular flexibility index (Phi) is 2.59. The molecule has 0 aliphatic heterocycles. The normalized spacial score (nSPS) is 16.8. The highest BCUT2D eigenvalue weighted by atomic mass is 16.5. The van der Waals surface area contributed by atoms with E-state index in [1.165, 1.54) is 0 Å². The van der Waals surface area contributed by atoms with E-state index in [1.807, 2.05) is 0 Å². The average molecular weight is 225 g/mol. The number of aromatic nitrogens is 2. The van der Waals surface area contributed by atoms with E-state index in [-0.39, 0.29) is 17.6 Å². The molecule has 0 spiro atoms. The van der Waals surface area contributed by atoms with Crippen LogP contribution in [0.3, 0.4) is 0 Å². The minimum Gasteiger partial charge on any atom is -0.480 e. The Hall–Kier alpha value is -1.92. The third-order valence-electron chi connectivity index (χ3n) is 2.38. The third kappa shape index (κ3) is 2.18. The predicted octanol–water partition coefficient (Wildman–Crippen LogP) is -0.0290. The van der Waals surface area contributed by atoms with Crippen LogP contribution in [0.4, 0.5) is 0 Å². The molecule has 7 heteroatoms. The summed E-state index contributed by atoms with van der Waals surface area (Å²) in [5.74, 6) is -1.49. The van der Waals surface area contributed by atoms with Gasteiger partial charge in [0.05, 0.1) is 0 Å². The Balaban J connectivity index is 2.02. The molecule has 0 saturated heterocycles. The van der Waals surface area contributed by atoms with Crippen molar-refractivity contribution in [3.63, 3.8) is 0 Å². The number of hydrogen-bond donors (Lipinski definition) is 2. The first-order chi connectivity index (χ1) is 7.58. The number of nitrogens with zero attached hydrogens (tertiary/aromatic N) is 2. The van der Waals surface area contributed by atoms with E-state index < -0.39 is 17.9 Å². The topological polar surface area (TPSA) is 105 Å². The molecule has 0 bridgehead atoms. The summed E-state index contributed by atoms with van der Waals surface area (Å²) in [5.41, 5.74) is 0. The lowest BCUT2D eigenvalue weighted by atomic mass is 10.2. The molecule has 1 amide bonds. The summed E-state index contributed by atoms with van der Waals surface area (Å²) >= 11 is 0. The molecule has 86 valence electrons. The standard InChI is InChI=1S/C9H11N3O4/c1-4-10-7(12-16-4)8(13)11-6(9(14)15)5-2-3-5/h5-6H,2-3H2,1H3,(H,11,13)(H,14,15). The van der Waals surface area contributed by atoms with Crippen LogP contribution in [0, 0.1) is 12.8 Å². The summed E-state index contributed by atoms with van der Waals surface area (Å²) in [7, 11) is 0. The molecule has 1 heterocycles. The Morgan fingerprint density at radius 2 is 2.25 bits per heavy atom. The highest BCUT2D eigenvalue weighted by Crippen LogP contribution is 2.32. The molecule has 1 aliphatic rings. The van der Waals surface area contributed by atoms with Crippen LogP contribution in [0.5, 0.6) is 0 Å². The summed E-state index contributed by atoms with van der Waals surface area (Å²) in [6.07, 6.45) is 1.64. The largest absolute Gasteiger partial charge is 0.480 e. The van der Waals surface area contributed by atoms with Crippen LogP contribution in [-0.2, 0) is 4.79 Å². The highest BCUT2D eigenvalue weighted by Gasteiger charge is 2.37. The number of carboxylic acid groups (broad SMARTS) is 1. The molecular formula is C9H11N3O4. The van der Waals surface area contributed by atoms with E-state index in [2.05, 4.69) is 20.0 Å². The van der Waals surface area contributed by atoms with Gasteiger partial charge in [-0.15, -0.1) is 0 Å². The zero-order valence-corrected chi connectivity index (χ0v) is 8.64. The minimum absolute atomic E-state index is 0.0226. The Labute approximate surface area is 90.8 Å². The first kappa shape index (κ1) is 10.6. The predicted molar refractivity (Wildman–Crippen MR) is 50.6 cm³/mol. The van der Waals surface area contributed by atoms with Gasteiger partial charge < -0.3 is 14.9 Å². The van der Waals surface area contributed by atoms with Crippen molar-refractivity contribution in [2.24, 2.45) is 5.92 Å². The molecule has 16 heavy (non-hydrogen) atoms. The number of hydrogen-bond acceptors (Lipinski definition) is 5. The van der Waals surface area contributed by atoms with Crippen LogP contribution >= 0.6 is 0 Å². The molecule has 2 rings (SSSR count). The fraction of sp³-hybridized carbons (Fsp3) is 0.556. The maximum absolute atomic E-state index is 11.5. The first-order valence-electron chi connectivity index (χ1n) is 4.92. The van der Waals surface area contributed by atoms with Crippen LogP contribution in [0.1, 0.15) is 29.4 Å². The maximum atomic E-state index is 11.5. The number of aryl methyl sites for hydroxylation is 1. The van der Waals surface area contributed by atoms with Crippen LogP contribution in [-0.4, -0.2) is 33.2 Å². The van der Waals surface area contributed by atoms with Gasteiger partial charge in [0.2, 0.25) is 5.89 Å². The smallest absolute Gasteiger partial charge is 0.326 e. The second kappa shape index (κ2) is 3.92. The number of nitrogens with one attached hydrogen (secondary N) is 1. The fourth-order valence-electron chi connectivity index (χ4n) is 1.41. The molecule has 1 aromatic heterocycles. The van der Waals surface area contributed by atoms with Crippen LogP contribution < -0.4 is 5.32 Å². The summed E-state index contributed by atoms with van der Waals surface area (Å²) < 4.78 is 4.63. The molecule has 1 aliphatic carbocycles. The van der Waals surface area contributed by atoms with Gasteiger partial charge in [0.25, 0.3) is 11.7 Å². The molecule has 2 N–H and O–H groups in total. The molecule has 1 fully saturated rings. The zero-order chi connectivity index (χ0) is 11.7. The summed E-state index contributed by atoms with van der Waals surface area (Å²) in [6.45, 7) is 1.55. The lowest BCUT2D eigenvalue weighted by Gasteiger charge is -2.11. The number of carboxylic acids is 1. The molecule has 1 aromatic rings. The Morgan fingerprint density at radius 1 is 1.56 bits per heavy atom. The van der Waals surface area contributed by atoms with Crippen molar-refractivity contribution in [2.45, 2.75) is 25.8 Å². The fourth-order valence-corrected chi connectivity index (χ4v) is 1.41. The van der Waals surface area contributed by atoms with Crippen LogP contribution in [0.25, 0.3) is 0 Å². The maximum Gasteiger partial charge on any atom is 0.326 e. The molecule has 7 nitrogen and oxygen atoms in total. The van der Waals surface area contributed by atoms with Crippen molar-refractivity contribution in [3.05, 3.63) is 11.7 Å². The lowest BCUT2D eigenvalue weighted by molar-refractivity contribution is -0.139. The second-order valence-corrected chi connectivity index (χ2v) is 3.76. The van der Waals surface area contributed by atoms with E-state index in [4.69, 9.17) is 5.11 Å². The summed E-state index contributed by atoms with van der Waals surface area (Å²) in [5, 5.41) is 14.7. The van der Waals surface area contributed by atoms with Gasteiger partial charge >= 0.3 is 5.97 Å². The van der Waals surface area contributed by atoms with Crippen molar-refractivity contribution in [2.75, 3.05) is 0 Å². The SMILES string of the molecule is Cc1nc(C(=O)NC(C(=O)O)C2CC2)no1. The van der Waals surface area contributed by atoms with Gasteiger partial charge in [-0.1, -0.05) is 5.16 Å². The van der Waals surface area contributed by atoms with Gasteiger partial charge in [0.15, 0.2) is 0 Å². The van der Waals surface area contributed by atoms with Gasteiger partial charge in [-0.3, -0.25) is 4.79 Å². The van der Waals surface area contributed by atoms with E-state index >= 15 is 0 Å². The number of carbonyl (C=O) groups excluding carboxylic acids is 1. The van der Waals surface area contributed by atoms with Crippen molar-refractivity contribution >= 4 is 11.9 Å². The number of aliphatic carboxylic acids is 1. The minimum atomic E-state index is -1.03. The summed E-state index contributed by atoms with van der Waals surface area (Å²) in [4.78, 5) is 26.1. The van der Waals surface area contributed by atoms with Crippen molar-refractivity contribution in [3.8, 4) is 0 Å². The molecular weight excluding hydrogens is 214 g/mol. The van der Waals surface area contributed by atoms with Gasteiger partial charge in [-0.2, -0.15) is 4.98 Å². The number of carbonyl (C=O) groups is 2. The molecule has 0 aromatic carbocycles. The van der Waals surface area contributed by atoms with E-state index in [0.717, 1.165) is 12.8 Å². The highest BCUT2D eigenvalue weighted by molar-refractivity contribution is 5.93. The van der Waals surface area contributed by atoms with Gasteiger partial charge in [0, 0.05) is 6.92 Å². The van der Waals surface area contributed by atoms with E-state index in [1.54, 1.807) is 6.92 Å². The summed E-state index contributed by atoms with van der Waals surface area (Å²) in [6, 6.07) is -0.855. The quantitative estimate of drug-likeness (QED) is 0.745. The van der Waals surface area contributed by atoms with Crippen LogP contribution in [0.15, 0.2) is 4.52 Å². The third-order valence-corrected chi connectivity index (χ3v) is 2.38. The second-order valence-electron chi connectivity index (χ2n) is 3.76. The Morgan fingerprint density at radius 3 is 2.69 bits per heavy atom. The van der Waals surface area contributed by atoms with Crippen molar-refractivity contribution in [1.29, 1.82) is 0 Å². The zero-order valence-electron chi connectivity index (χ0n) is 8.64. The molecule has 1 atom stereocenters. The first-order valence-corrected chi connectivity index (χ1v) is 4.92.